The van der Waals surface area contributed by atoms with Crippen LogP contribution < -0.4 is 5.32 Å². The fraction of sp³-hybridized carbons (Fsp3) is 0.300. The number of esters is 2. The first-order valence-electron chi connectivity index (χ1n) is 8.09. The second-order valence-corrected chi connectivity index (χ2v) is 6.45. The van der Waals surface area contributed by atoms with Crippen LogP contribution in [0.15, 0.2) is 52.9 Å². The van der Waals surface area contributed by atoms with Crippen molar-refractivity contribution in [3.8, 4) is 0 Å². The van der Waals surface area contributed by atoms with E-state index in [4.69, 9.17) is 21.1 Å². The number of carbonyl (C=O) groups excluding carboxylic acids is 2. The smallest absolute Gasteiger partial charge is 0.336 e. The molecule has 1 aromatic rings. The van der Waals surface area contributed by atoms with Gasteiger partial charge in [-0.15, -0.1) is 0 Å². The summed E-state index contributed by atoms with van der Waals surface area (Å²) in [4.78, 5) is 24.7. The monoisotopic (exact) mass is 375 g/mol. The summed E-state index contributed by atoms with van der Waals surface area (Å²) in [5, 5.41) is 3.48. The van der Waals surface area contributed by atoms with E-state index in [1.807, 2.05) is 31.2 Å². The highest BCUT2D eigenvalue weighted by Gasteiger charge is 2.35. The van der Waals surface area contributed by atoms with E-state index >= 15 is 0 Å². The lowest BCUT2D eigenvalue weighted by atomic mass is 9.84. The van der Waals surface area contributed by atoms with E-state index in [-0.39, 0.29) is 0 Å². The minimum atomic E-state index is -0.676. The Hall–Kier alpha value is -2.53. The van der Waals surface area contributed by atoms with Crippen LogP contribution in [0.4, 0.5) is 0 Å². The van der Waals surface area contributed by atoms with E-state index in [0.29, 0.717) is 27.6 Å². The highest BCUT2D eigenvalue weighted by Crippen LogP contribution is 2.35. The average Bonchev–Trinajstić information content (AvgIpc) is 2.61. The number of hydrogen-bond donors (Lipinski definition) is 1. The largest absolute Gasteiger partial charge is 0.466 e. The first-order chi connectivity index (χ1) is 12.3. The Morgan fingerprint density at radius 2 is 1.42 bits per heavy atom. The van der Waals surface area contributed by atoms with E-state index in [1.165, 1.54) is 14.2 Å². The standard InChI is InChI=1S/C20H22ClNO4/c1-11-6-8-14(9-7-11)16(21)10-15-17(19(23)25-4)12(2)22-13(3)18(15)20(24)26-5/h6-10,15,22H,1-5H3/b16-10+. The minimum Gasteiger partial charge on any atom is -0.466 e. The van der Waals surface area contributed by atoms with Crippen molar-refractivity contribution in [2.24, 2.45) is 5.92 Å². The summed E-state index contributed by atoms with van der Waals surface area (Å²) in [6.07, 6.45) is 1.68. The summed E-state index contributed by atoms with van der Waals surface area (Å²) in [5.41, 5.74) is 3.76. The Bertz CT molecular complexity index is 781. The third-order valence-corrected chi connectivity index (χ3v) is 4.60. The van der Waals surface area contributed by atoms with Gasteiger partial charge in [-0.05, 0) is 26.3 Å². The van der Waals surface area contributed by atoms with Gasteiger partial charge in [0.2, 0.25) is 0 Å². The predicted molar refractivity (Wildman–Crippen MR) is 101 cm³/mol. The molecule has 0 unspecified atom stereocenters. The second kappa shape index (κ2) is 8.23. The number of aryl methyl sites for hydroxylation is 1. The SMILES string of the molecule is COC(=O)C1=C(C)NC(C)=C(C(=O)OC)C1/C=C(/Cl)c1ccc(C)cc1. The fourth-order valence-electron chi connectivity index (χ4n) is 2.93. The van der Waals surface area contributed by atoms with Gasteiger partial charge in [-0.25, -0.2) is 9.59 Å². The maximum absolute atomic E-state index is 12.3. The number of carbonyl (C=O) groups is 2. The highest BCUT2D eigenvalue weighted by molar-refractivity contribution is 6.48. The summed E-state index contributed by atoms with van der Waals surface area (Å²) in [7, 11) is 2.60. The zero-order chi connectivity index (χ0) is 19.4. The lowest BCUT2D eigenvalue weighted by Gasteiger charge is -2.28. The number of nitrogens with one attached hydrogen (secondary N) is 1. The molecule has 0 spiro atoms. The van der Waals surface area contributed by atoms with Crippen LogP contribution in [0.3, 0.4) is 0 Å². The maximum Gasteiger partial charge on any atom is 0.336 e. The van der Waals surface area contributed by atoms with Gasteiger partial charge in [0, 0.05) is 22.3 Å². The normalized spacial score (nSPS) is 15.7. The molecule has 1 aliphatic heterocycles. The zero-order valence-corrected chi connectivity index (χ0v) is 16.2. The van der Waals surface area contributed by atoms with Gasteiger partial charge in [0.15, 0.2) is 0 Å². The van der Waals surface area contributed by atoms with Crippen LogP contribution in [-0.4, -0.2) is 26.2 Å². The molecule has 1 N–H and O–H groups in total. The molecule has 1 aromatic carbocycles. The molecule has 2 rings (SSSR count). The van der Waals surface area contributed by atoms with Crippen LogP contribution in [0.2, 0.25) is 0 Å². The summed E-state index contributed by atoms with van der Waals surface area (Å²) < 4.78 is 9.81. The van der Waals surface area contributed by atoms with Crippen molar-refractivity contribution in [3.05, 3.63) is 64.0 Å². The molecule has 0 amide bonds. The molecule has 0 aliphatic carbocycles. The highest BCUT2D eigenvalue weighted by atomic mass is 35.5. The Morgan fingerprint density at radius 1 is 0.962 bits per heavy atom. The number of halogens is 1. The number of methoxy groups -OCH3 is 2. The van der Waals surface area contributed by atoms with Gasteiger partial charge >= 0.3 is 11.9 Å². The first-order valence-corrected chi connectivity index (χ1v) is 8.47. The molecule has 0 fully saturated rings. The van der Waals surface area contributed by atoms with Crippen LogP contribution in [0.5, 0.6) is 0 Å². The average molecular weight is 376 g/mol. The van der Waals surface area contributed by atoms with Gasteiger partial charge in [-0.2, -0.15) is 0 Å². The predicted octanol–water partition coefficient (Wildman–Crippen LogP) is 3.69. The Morgan fingerprint density at radius 3 is 1.85 bits per heavy atom. The number of hydrogen-bond acceptors (Lipinski definition) is 5. The molecule has 1 heterocycles. The molecule has 0 saturated carbocycles. The summed E-state index contributed by atoms with van der Waals surface area (Å²) in [6, 6.07) is 7.66. The quantitative estimate of drug-likeness (QED) is 0.813. The summed E-state index contributed by atoms with van der Waals surface area (Å²) in [5.74, 6) is -1.73. The van der Waals surface area contributed by atoms with Crippen LogP contribution in [0.1, 0.15) is 25.0 Å². The molecular formula is C20H22ClNO4. The first kappa shape index (κ1) is 19.8. The molecule has 1 aliphatic rings. The van der Waals surface area contributed by atoms with Crippen LogP contribution >= 0.6 is 11.6 Å². The molecule has 0 saturated heterocycles. The molecular weight excluding hydrogens is 354 g/mol. The molecule has 0 aromatic heterocycles. The van der Waals surface area contributed by atoms with Crippen molar-refractivity contribution in [2.75, 3.05) is 14.2 Å². The van der Waals surface area contributed by atoms with Gasteiger partial charge in [-0.3, -0.25) is 0 Å². The maximum atomic E-state index is 12.3. The van der Waals surface area contributed by atoms with Crippen molar-refractivity contribution in [3.63, 3.8) is 0 Å². The Kier molecular flexibility index (Phi) is 6.27. The molecule has 0 atom stereocenters. The van der Waals surface area contributed by atoms with Crippen molar-refractivity contribution in [1.29, 1.82) is 0 Å². The molecule has 0 bridgehead atoms. The topological polar surface area (TPSA) is 64.6 Å². The van der Waals surface area contributed by atoms with E-state index in [9.17, 15) is 9.59 Å². The third kappa shape index (κ3) is 3.99. The fourth-order valence-corrected chi connectivity index (χ4v) is 3.18. The zero-order valence-electron chi connectivity index (χ0n) is 15.5. The summed E-state index contributed by atoms with van der Waals surface area (Å²) in [6.45, 7) is 5.49. The van der Waals surface area contributed by atoms with Crippen molar-refractivity contribution >= 4 is 28.6 Å². The second-order valence-electron chi connectivity index (χ2n) is 6.04. The molecule has 0 radical (unpaired) electrons. The molecule has 138 valence electrons. The molecule has 5 nitrogen and oxygen atoms in total. The lowest BCUT2D eigenvalue weighted by molar-refractivity contribution is -0.137. The van der Waals surface area contributed by atoms with E-state index in [0.717, 1.165) is 11.1 Å². The lowest BCUT2D eigenvalue weighted by Crippen LogP contribution is -2.32. The number of rotatable bonds is 4. The number of ether oxygens (including phenoxy) is 2. The van der Waals surface area contributed by atoms with Gasteiger partial charge < -0.3 is 14.8 Å². The van der Waals surface area contributed by atoms with Crippen molar-refractivity contribution < 1.29 is 19.1 Å². The number of dihydropyridines is 1. The van der Waals surface area contributed by atoms with Crippen molar-refractivity contribution in [2.45, 2.75) is 20.8 Å². The number of allylic oxidation sites excluding steroid dienone is 3. The van der Waals surface area contributed by atoms with Crippen LogP contribution in [0.25, 0.3) is 5.03 Å². The number of benzene rings is 1. The molecule has 6 heteroatoms. The van der Waals surface area contributed by atoms with E-state index in [1.54, 1.807) is 19.9 Å². The third-order valence-electron chi connectivity index (χ3n) is 4.26. The van der Waals surface area contributed by atoms with Crippen LogP contribution in [-0.2, 0) is 19.1 Å². The van der Waals surface area contributed by atoms with Gasteiger partial charge in [0.05, 0.1) is 25.4 Å². The van der Waals surface area contributed by atoms with Crippen LogP contribution in [0, 0.1) is 12.8 Å². The van der Waals surface area contributed by atoms with Gasteiger partial charge in [0.25, 0.3) is 0 Å². The van der Waals surface area contributed by atoms with E-state index in [2.05, 4.69) is 5.32 Å². The van der Waals surface area contributed by atoms with E-state index < -0.39 is 17.9 Å². The van der Waals surface area contributed by atoms with Crippen molar-refractivity contribution in [1.82, 2.24) is 5.32 Å². The Balaban J connectivity index is 2.60. The molecule has 26 heavy (non-hydrogen) atoms. The van der Waals surface area contributed by atoms with Gasteiger partial charge in [-0.1, -0.05) is 47.5 Å². The Labute approximate surface area is 158 Å². The van der Waals surface area contributed by atoms with Gasteiger partial charge in [0.1, 0.15) is 0 Å². The minimum absolute atomic E-state index is 0.323. The summed E-state index contributed by atoms with van der Waals surface area (Å²) >= 11 is 6.50.